The number of hydrogen-bond acceptors (Lipinski definition) is 3. The highest BCUT2D eigenvalue weighted by molar-refractivity contribution is 5.99. The summed E-state index contributed by atoms with van der Waals surface area (Å²) in [6.45, 7) is 5.25. The van der Waals surface area contributed by atoms with Gasteiger partial charge in [-0.1, -0.05) is 19.4 Å². The third-order valence-electron chi connectivity index (χ3n) is 4.67. The Kier molecular flexibility index (Phi) is 5.25. The maximum absolute atomic E-state index is 12.8. The van der Waals surface area contributed by atoms with Gasteiger partial charge in [0.05, 0.1) is 6.04 Å². The molecule has 0 saturated carbocycles. The van der Waals surface area contributed by atoms with Crippen molar-refractivity contribution >= 4 is 17.6 Å². The summed E-state index contributed by atoms with van der Waals surface area (Å²) in [6, 6.07) is 5.20. The molecule has 1 saturated heterocycles. The Hall–Kier alpha value is -2.83. The van der Waals surface area contributed by atoms with Crippen molar-refractivity contribution in [2.75, 3.05) is 18.0 Å². The highest BCUT2D eigenvalue weighted by Crippen LogP contribution is 2.24. The van der Waals surface area contributed by atoms with E-state index in [2.05, 4.69) is 22.5 Å². The van der Waals surface area contributed by atoms with E-state index in [4.69, 9.17) is 0 Å². The second kappa shape index (κ2) is 7.59. The van der Waals surface area contributed by atoms with Crippen molar-refractivity contribution in [3.8, 4) is 0 Å². The second-order valence-corrected chi connectivity index (χ2v) is 6.60. The number of urea groups is 1. The van der Waals surface area contributed by atoms with Crippen molar-refractivity contribution in [3.05, 3.63) is 47.5 Å². The Bertz CT molecular complexity index is 814. The molecule has 0 spiro atoms. The van der Waals surface area contributed by atoms with Gasteiger partial charge in [0, 0.05) is 43.8 Å². The molecular formula is C19H25N5O2. The van der Waals surface area contributed by atoms with E-state index in [-0.39, 0.29) is 18.0 Å². The molecule has 1 fully saturated rings. The smallest absolute Gasteiger partial charge is 0.322 e. The standard InChI is InChI=1S/C19H25N5O2/c1-4-5-15(17-20-8-10-23(17)3)22-18(25)14-7-6-13(2)16(12-14)24-11-9-21-19(24)26/h6-8,10,12,15H,4-5,9,11H2,1-3H3,(H,21,26)(H,22,25)/t15-/m0/s1. The molecule has 2 N–H and O–H groups in total. The van der Waals surface area contributed by atoms with Gasteiger partial charge in [-0.3, -0.25) is 9.69 Å². The van der Waals surface area contributed by atoms with Crippen LogP contribution in [-0.4, -0.2) is 34.6 Å². The van der Waals surface area contributed by atoms with Crippen molar-refractivity contribution in [1.29, 1.82) is 0 Å². The fraction of sp³-hybridized carbons (Fsp3) is 0.421. The molecule has 138 valence electrons. The van der Waals surface area contributed by atoms with Gasteiger partial charge in [-0.05, 0) is 31.0 Å². The third-order valence-corrected chi connectivity index (χ3v) is 4.67. The summed E-state index contributed by atoms with van der Waals surface area (Å²) in [5.74, 6) is 0.679. The van der Waals surface area contributed by atoms with E-state index in [1.807, 2.05) is 30.8 Å². The maximum atomic E-state index is 12.8. The SMILES string of the molecule is CCC[C@H](NC(=O)c1ccc(C)c(N2CCNC2=O)c1)c1nccn1C. The number of imidazole rings is 1. The molecule has 0 bridgehead atoms. The highest BCUT2D eigenvalue weighted by Gasteiger charge is 2.24. The first kappa shape index (κ1) is 18.0. The minimum Gasteiger partial charge on any atom is -0.342 e. The zero-order valence-electron chi connectivity index (χ0n) is 15.5. The quantitative estimate of drug-likeness (QED) is 0.836. The van der Waals surface area contributed by atoms with Gasteiger partial charge < -0.3 is 15.2 Å². The summed E-state index contributed by atoms with van der Waals surface area (Å²) in [4.78, 5) is 30.8. The minimum atomic E-state index is -0.160. The van der Waals surface area contributed by atoms with Crippen molar-refractivity contribution < 1.29 is 9.59 Å². The van der Waals surface area contributed by atoms with Gasteiger partial charge in [0.15, 0.2) is 0 Å². The topological polar surface area (TPSA) is 79.3 Å². The fourth-order valence-corrected chi connectivity index (χ4v) is 3.25. The van der Waals surface area contributed by atoms with Gasteiger partial charge >= 0.3 is 6.03 Å². The zero-order valence-corrected chi connectivity index (χ0v) is 15.5. The summed E-state index contributed by atoms with van der Waals surface area (Å²) < 4.78 is 1.93. The van der Waals surface area contributed by atoms with Gasteiger partial charge in [0.2, 0.25) is 0 Å². The van der Waals surface area contributed by atoms with Gasteiger partial charge in [0.1, 0.15) is 5.82 Å². The molecule has 1 aromatic carbocycles. The van der Waals surface area contributed by atoms with Crippen LogP contribution in [0.25, 0.3) is 0 Å². The predicted octanol–water partition coefficient (Wildman–Crippen LogP) is 2.53. The molecule has 0 unspecified atom stereocenters. The van der Waals surface area contributed by atoms with E-state index in [9.17, 15) is 9.59 Å². The van der Waals surface area contributed by atoms with Gasteiger partial charge in [-0.2, -0.15) is 0 Å². The lowest BCUT2D eigenvalue weighted by Gasteiger charge is -2.20. The fourth-order valence-electron chi connectivity index (χ4n) is 3.25. The normalized spacial score (nSPS) is 15.0. The van der Waals surface area contributed by atoms with Crippen LogP contribution in [0.5, 0.6) is 0 Å². The number of anilines is 1. The number of carbonyl (C=O) groups is 2. The van der Waals surface area contributed by atoms with Gasteiger partial charge in [-0.25, -0.2) is 9.78 Å². The Labute approximate surface area is 153 Å². The van der Waals surface area contributed by atoms with Crippen LogP contribution >= 0.6 is 0 Å². The lowest BCUT2D eigenvalue weighted by molar-refractivity contribution is 0.0932. The molecular weight excluding hydrogens is 330 g/mol. The Morgan fingerprint density at radius 1 is 1.42 bits per heavy atom. The van der Waals surface area contributed by atoms with Crippen LogP contribution in [0.2, 0.25) is 0 Å². The molecule has 1 atom stereocenters. The van der Waals surface area contributed by atoms with Crippen molar-refractivity contribution in [2.45, 2.75) is 32.7 Å². The van der Waals surface area contributed by atoms with Crippen LogP contribution in [-0.2, 0) is 7.05 Å². The average Bonchev–Trinajstić information content (AvgIpc) is 3.23. The minimum absolute atomic E-state index is 0.123. The van der Waals surface area contributed by atoms with Gasteiger partial charge in [0.25, 0.3) is 5.91 Å². The first-order valence-corrected chi connectivity index (χ1v) is 8.95. The van der Waals surface area contributed by atoms with E-state index in [0.717, 1.165) is 29.9 Å². The molecule has 0 aliphatic carbocycles. The van der Waals surface area contributed by atoms with Crippen molar-refractivity contribution in [1.82, 2.24) is 20.2 Å². The van der Waals surface area contributed by atoms with E-state index >= 15 is 0 Å². The lowest BCUT2D eigenvalue weighted by Crippen LogP contribution is -2.31. The van der Waals surface area contributed by atoms with Crippen LogP contribution in [0.3, 0.4) is 0 Å². The first-order valence-electron chi connectivity index (χ1n) is 8.95. The highest BCUT2D eigenvalue weighted by atomic mass is 16.2. The Balaban J connectivity index is 1.83. The molecule has 3 amide bonds. The number of aromatic nitrogens is 2. The molecule has 2 aromatic rings. The number of hydrogen-bond donors (Lipinski definition) is 2. The number of nitrogens with zero attached hydrogens (tertiary/aromatic N) is 3. The molecule has 1 aliphatic rings. The van der Waals surface area contributed by atoms with Crippen molar-refractivity contribution in [2.24, 2.45) is 7.05 Å². The monoisotopic (exact) mass is 355 g/mol. The van der Waals surface area contributed by atoms with Crippen LogP contribution in [0, 0.1) is 6.92 Å². The van der Waals surface area contributed by atoms with E-state index in [0.29, 0.717) is 18.7 Å². The largest absolute Gasteiger partial charge is 0.342 e. The van der Waals surface area contributed by atoms with Crippen LogP contribution in [0.1, 0.15) is 47.6 Å². The maximum Gasteiger partial charge on any atom is 0.322 e. The molecule has 7 heteroatoms. The molecule has 1 aliphatic heterocycles. The van der Waals surface area contributed by atoms with Crippen molar-refractivity contribution in [3.63, 3.8) is 0 Å². The lowest BCUT2D eigenvalue weighted by atomic mass is 10.1. The Morgan fingerprint density at radius 3 is 2.85 bits per heavy atom. The van der Waals surface area contributed by atoms with E-state index in [1.165, 1.54) is 0 Å². The number of carbonyl (C=O) groups excluding carboxylic acids is 2. The second-order valence-electron chi connectivity index (χ2n) is 6.60. The first-order chi connectivity index (χ1) is 12.5. The molecule has 7 nitrogen and oxygen atoms in total. The summed E-state index contributed by atoms with van der Waals surface area (Å²) in [5, 5.41) is 5.88. The van der Waals surface area contributed by atoms with E-state index < -0.39 is 0 Å². The summed E-state index contributed by atoms with van der Waals surface area (Å²) in [5.41, 5.74) is 2.28. The number of benzene rings is 1. The Morgan fingerprint density at radius 2 is 2.23 bits per heavy atom. The molecule has 2 heterocycles. The van der Waals surface area contributed by atoms with Crippen LogP contribution in [0.15, 0.2) is 30.6 Å². The number of rotatable bonds is 6. The summed E-state index contributed by atoms with van der Waals surface area (Å²) >= 11 is 0. The van der Waals surface area contributed by atoms with Gasteiger partial charge in [-0.15, -0.1) is 0 Å². The number of aryl methyl sites for hydroxylation is 2. The zero-order chi connectivity index (χ0) is 18.7. The number of nitrogens with one attached hydrogen (secondary N) is 2. The average molecular weight is 355 g/mol. The van der Waals surface area contributed by atoms with Crippen LogP contribution < -0.4 is 15.5 Å². The molecule has 1 aromatic heterocycles. The van der Waals surface area contributed by atoms with E-state index in [1.54, 1.807) is 23.2 Å². The number of amides is 3. The predicted molar refractivity (Wildman–Crippen MR) is 100 cm³/mol. The summed E-state index contributed by atoms with van der Waals surface area (Å²) in [6.07, 6.45) is 5.36. The molecule has 3 rings (SSSR count). The van der Waals surface area contributed by atoms with Crippen LogP contribution in [0.4, 0.5) is 10.5 Å². The molecule has 0 radical (unpaired) electrons. The summed E-state index contributed by atoms with van der Waals surface area (Å²) in [7, 11) is 1.92. The molecule has 26 heavy (non-hydrogen) atoms. The third kappa shape index (κ3) is 3.56.